The standard InChI is InChI=1S/C19H23NO2S3/c1-6-11(3)17(21)20-14-9-8-12(22-7-2)10-13(14)15-16(19(20,4)5)24-25-18(15)23/h8-11H,6-7H2,1-5H3. The van der Waals surface area contributed by atoms with Crippen LogP contribution < -0.4 is 9.64 Å². The van der Waals surface area contributed by atoms with Crippen LogP contribution in [0, 0.1) is 9.74 Å². The maximum absolute atomic E-state index is 13.2. The number of nitrogens with zero attached hydrogens (tertiary/aromatic N) is 1. The first kappa shape index (κ1) is 18.5. The van der Waals surface area contributed by atoms with Gasteiger partial charge in [-0.1, -0.05) is 46.7 Å². The van der Waals surface area contributed by atoms with Crippen LogP contribution in [0.25, 0.3) is 11.1 Å². The van der Waals surface area contributed by atoms with Gasteiger partial charge in [0.25, 0.3) is 0 Å². The second-order valence-electron chi connectivity index (χ2n) is 6.81. The maximum Gasteiger partial charge on any atom is 0.230 e. The van der Waals surface area contributed by atoms with E-state index in [0.717, 1.165) is 32.8 Å². The Hall–Kier alpha value is -1.24. The quantitative estimate of drug-likeness (QED) is 0.455. The van der Waals surface area contributed by atoms with Crippen molar-refractivity contribution in [2.75, 3.05) is 11.5 Å². The predicted molar refractivity (Wildman–Crippen MR) is 110 cm³/mol. The van der Waals surface area contributed by atoms with Gasteiger partial charge in [-0.15, -0.1) is 0 Å². The molecule has 1 atom stereocenters. The zero-order valence-corrected chi connectivity index (χ0v) is 17.7. The largest absolute Gasteiger partial charge is 0.494 e. The number of ether oxygens (including phenoxy) is 1. The number of fused-ring (bicyclic) bond motifs is 3. The molecule has 2 heterocycles. The van der Waals surface area contributed by atoms with Crippen molar-refractivity contribution in [3.05, 3.63) is 26.9 Å². The van der Waals surface area contributed by atoms with Gasteiger partial charge in [0.05, 0.1) is 22.7 Å². The number of anilines is 1. The highest BCUT2D eigenvalue weighted by Crippen LogP contribution is 2.53. The molecule has 1 amide bonds. The molecule has 3 nitrogen and oxygen atoms in total. The zero-order chi connectivity index (χ0) is 18.4. The summed E-state index contributed by atoms with van der Waals surface area (Å²) in [4.78, 5) is 16.3. The van der Waals surface area contributed by atoms with E-state index < -0.39 is 5.54 Å². The molecule has 1 aromatic heterocycles. The average Bonchev–Trinajstić information content (AvgIpc) is 2.97. The third kappa shape index (κ3) is 2.94. The molecule has 0 saturated carbocycles. The smallest absolute Gasteiger partial charge is 0.230 e. The van der Waals surface area contributed by atoms with E-state index in [1.807, 2.05) is 36.9 Å². The lowest BCUT2D eigenvalue weighted by Gasteiger charge is -2.44. The van der Waals surface area contributed by atoms with Gasteiger partial charge < -0.3 is 9.64 Å². The molecule has 0 aliphatic carbocycles. The van der Waals surface area contributed by atoms with Crippen LogP contribution in [0.2, 0.25) is 0 Å². The van der Waals surface area contributed by atoms with Crippen molar-refractivity contribution in [1.29, 1.82) is 0 Å². The van der Waals surface area contributed by atoms with E-state index >= 15 is 0 Å². The van der Waals surface area contributed by atoms with Crippen molar-refractivity contribution < 1.29 is 9.53 Å². The fourth-order valence-corrected chi connectivity index (χ4v) is 6.54. The Morgan fingerprint density at radius 1 is 1.32 bits per heavy atom. The van der Waals surface area contributed by atoms with E-state index in [1.54, 1.807) is 20.7 Å². The summed E-state index contributed by atoms with van der Waals surface area (Å²) in [5.74, 6) is 0.952. The summed E-state index contributed by atoms with van der Waals surface area (Å²) in [5.41, 5.74) is 2.64. The van der Waals surface area contributed by atoms with Gasteiger partial charge in [0, 0.05) is 17.0 Å². The van der Waals surface area contributed by atoms with E-state index in [2.05, 4.69) is 20.8 Å². The van der Waals surface area contributed by atoms with Crippen molar-refractivity contribution in [2.45, 2.75) is 46.6 Å². The molecular weight excluding hydrogens is 370 g/mol. The molecule has 134 valence electrons. The Balaban J connectivity index is 2.27. The van der Waals surface area contributed by atoms with E-state index in [-0.39, 0.29) is 11.8 Å². The summed E-state index contributed by atoms with van der Waals surface area (Å²) in [6.07, 6.45) is 0.823. The van der Waals surface area contributed by atoms with Crippen LogP contribution in [0.3, 0.4) is 0 Å². The first-order chi connectivity index (χ1) is 11.8. The topological polar surface area (TPSA) is 29.5 Å². The summed E-state index contributed by atoms with van der Waals surface area (Å²) < 4.78 is 6.58. The summed E-state index contributed by atoms with van der Waals surface area (Å²) in [7, 11) is 3.30. The number of hydrogen-bond acceptors (Lipinski definition) is 5. The minimum absolute atomic E-state index is 0.0214. The first-order valence-electron chi connectivity index (χ1n) is 8.57. The third-order valence-corrected chi connectivity index (χ3v) is 8.12. The number of carbonyl (C=O) groups excluding carboxylic acids is 1. The van der Waals surface area contributed by atoms with Gasteiger partial charge in [0.2, 0.25) is 5.91 Å². The molecule has 1 aliphatic rings. The minimum atomic E-state index is -0.409. The summed E-state index contributed by atoms with van der Waals surface area (Å²) in [6.45, 7) is 10.9. The molecule has 0 saturated heterocycles. The highest BCUT2D eigenvalue weighted by Gasteiger charge is 2.43. The van der Waals surface area contributed by atoms with Crippen LogP contribution in [0.4, 0.5) is 5.69 Å². The number of amides is 1. The molecule has 1 unspecified atom stereocenters. The van der Waals surface area contributed by atoms with Gasteiger partial charge in [0.15, 0.2) is 0 Å². The normalized spacial score (nSPS) is 16.1. The van der Waals surface area contributed by atoms with Crippen LogP contribution in [-0.2, 0) is 10.3 Å². The second kappa shape index (κ2) is 6.82. The molecule has 1 aromatic carbocycles. The second-order valence-corrected chi connectivity index (χ2v) is 9.63. The third-order valence-electron chi connectivity index (χ3n) is 4.79. The Morgan fingerprint density at radius 3 is 2.68 bits per heavy atom. The molecule has 25 heavy (non-hydrogen) atoms. The van der Waals surface area contributed by atoms with Crippen LogP contribution in [0.5, 0.6) is 5.75 Å². The number of benzene rings is 1. The highest BCUT2D eigenvalue weighted by atomic mass is 32.9. The Bertz CT molecular complexity index is 866. The molecule has 6 heteroatoms. The molecule has 0 fully saturated rings. The summed E-state index contributed by atoms with van der Waals surface area (Å²) in [5, 5.41) is 0. The molecule has 0 N–H and O–H groups in total. The summed E-state index contributed by atoms with van der Waals surface area (Å²) >= 11 is 5.62. The lowest BCUT2D eigenvalue weighted by atomic mass is 9.86. The fourth-order valence-electron chi connectivity index (χ4n) is 3.25. The number of hydrogen-bond donors (Lipinski definition) is 0. The van der Waals surface area contributed by atoms with Crippen LogP contribution in [0.15, 0.2) is 18.2 Å². The Labute approximate surface area is 161 Å². The minimum Gasteiger partial charge on any atom is -0.494 e. The number of carbonyl (C=O) groups is 1. The average molecular weight is 394 g/mol. The van der Waals surface area contributed by atoms with Crippen LogP contribution in [0.1, 0.15) is 45.9 Å². The van der Waals surface area contributed by atoms with E-state index in [1.165, 1.54) is 4.88 Å². The van der Waals surface area contributed by atoms with E-state index in [4.69, 9.17) is 17.0 Å². The fraction of sp³-hybridized carbons (Fsp3) is 0.474. The van der Waals surface area contributed by atoms with Gasteiger partial charge in [-0.3, -0.25) is 4.79 Å². The Morgan fingerprint density at radius 2 is 2.04 bits per heavy atom. The first-order valence-corrected chi connectivity index (χ1v) is 11.1. The molecule has 0 bridgehead atoms. The SMILES string of the molecule is CCOc1ccc2c(c1)-c1c(ssc1=S)C(C)(C)N2C(=O)C(C)CC. The van der Waals surface area contributed by atoms with Gasteiger partial charge in [-0.05, 0) is 45.4 Å². The van der Waals surface area contributed by atoms with Gasteiger partial charge in [-0.25, -0.2) is 0 Å². The molecular formula is C19H23NO2S3. The Kier molecular flexibility index (Phi) is 5.06. The van der Waals surface area contributed by atoms with Crippen molar-refractivity contribution in [3.8, 4) is 16.9 Å². The summed E-state index contributed by atoms with van der Waals surface area (Å²) in [6, 6.07) is 5.97. The molecule has 2 aromatic rings. The van der Waals surface area contributed by atoms with Gasteiger partial charge in [-0.2, -0.15) is 0 Å². The molecule has 0 spiro atoms. The lowest BCUT2D eigenvalue weighted by Crippen LogP contribution is -2.49. The van der Waals surface area contributed by atoms with Crippen LogP contribution >= 0.6 is 32.9 Å². The molecule has 0 radical (unpaired) electrons. The van der Waals surface area contributed by atoms with E-state index in [9.17, 15) is 4.79 Å². The maximum atomic E-state index is 13.2. The van der Waals surface area contributed by atoms with Gasteiger partial charge in [0.1, 0.15) is 9.57 Å². The van der Waals surface area contributed by atoms with Crippen molar-refractivity contribution in [2.24, 2.45) is 5.92 Å². The van der Waals surface area contributed by atoms with Gasteiger partial charge >= 0.3 is 0 Å². The molecule has 3 rings (SSSR count). The van der Waals surface area contributed by atoms with Crippen molar-refractivity contribution in [1.82, 2.24) is 0 Å². The van der Waals surface area contributed by atoms with Crippen molar-refractivity contribution in [3.63, 3.8) is 0 Å². The molecule has 1 aliphatic heterocycles. The van der Waals surface area contributed by atoms with Crippen molar-refractivity contribution >= 4 is 44.5 Å². The number of rotatable bonds is 4. The predicted octanol–water partition coefficient (Wildman–Crippen LogP) is 6.23. The monoisotopic (exact) mass is 393 g/mol. The highest BCUT2D eigenvalue weighted by molar-refractivity contribution is 7.80. The van der Waals surface area contributed by atoms with E-state index in [0.29, 0.717) is 6.61 Å². The van der Waals surface area contributed by atoms with Crippen LogP contribution in [-0.4, -0.2) is 12.5 Å². The lowest BCUT2D eigenvalue weighted by molar-refractivity contribution is -0.123. The zero-order valence-electron chi connectivity index (χ0n) is 15.2.